The molecule has 0 bridgehead atoms. The van der Waals surface area contributed by atoms with E-state index in [0.717, 1.165) is 32.1 Å². The third-order valence-electron chi connectivity index (χ3n) is 3.83. The molecule has 1 aliphatic carbocycles. The third kappa shape index (κ3) is 4.25. The summed E-state index contributed by atoms with van der Waals surface area (Å²) in [5, 5.41) is 10.3. The van der Waals surface area contributed by atoms with E-state index in [1.54, 1.807) is 11.9 Å². The summed E-state index contributed by atoms with van der Waals surface area (Å²) in [7, 11) is 1.78. The molecular formula is C14H28N2O2. The number of hydrogen-bond donors (Lipinski definition) is 2. The molecule has 0 spiro atoms. The highest BCUT2D eigenvalue weighted by Crippen LogP contribution is 2.30. The van der Waals surface area contributed by atoms with Crippen LogP contribution in [0, 0.1) is 11.8 Å². The van der Waals surface area contributed by atoms with E-state index in [4.69, 9.17) is 5.73 Å². The van der Waals surface area contributed by atoms with Gasteiger partial charge in [-0.15, -0.1) is 0 Å². The van der Waals surface area contributed by atoms with E-state index in [0.29, 0.717) is 19.0 Å². The Balaban J connectivity index is 2.53. The zero-order valence-corrected chi connectivity index (χ0v) is 12.0. The first-order chi connectivity index (χ1) is 8.38. The van der Waals surface area contributed by atoms with Gasteiger partial charge < -0.3 is 15.7 Å². The fourth-order valence-electron chi connectivity index (χ4n) is 2.89. The van der Waals surface area contributed by atoms with E-state index < -0.39 is 5.60 Å². The molecule has 1 aliphatic rings. The van der Waals surface area contributed by atoms with Gasteiger partial charge in [0.05, 0.1) is 11.5 Å². The highest BCUT2D eigenvalue weighted by atomic mass is 16.3. The molecule has 0 aromatic rings. The van der Waals surface area contributed by atoms with Gasteiger partial charge in [-0.2, -0.15) is 0 Å². The average Bonchev–Trinajstić information content (AvgIpc) is 2.71. The predicted octanol–water partition coefficient (Wildman–Crippen LogP) is 1.37. The van der Waals surface area contributed by atoms with Gasteiger partial charge in [0.25, 0.3) is 0 Å². The Bertz CT molecular complexity index is 273. The van der Waals surface area contributed by atoms with Crippen molar-refractivity contribution in [3.8, 4) is 0 Å². The van der Waals surface area contributed by atoms with E-state index in [1.807, 2.05) is 0 Å². The van der Waals surface area contributed by atoms with Gasteiger partial charge in [-0.1, -0.05) is 26.7 Å². The summed E-state index contributed by atoms with van der Waals surface area (Å²) < 4.78 is 0. The molecule has 1 amide bonds. The van der Waals surface area contributed by atoms with Crippen LogP contribution in [0.15, 0.2) is 0 Å². The van der Waals surface area contributed by atoms with E-state index >= 15 is 0 Å². The van der Waals surface area contributed by atoms with E-state index in [1.165, 1.54) is 0 Å². The van der Waals surface area contributed by atoms with Crippen molar-refractivity contribution in [2.45, 2.75) is 51.6 Å². The maximum atomic E-state index is 12.3. The van der Waals surface area contributed by atoms with Gasteiger partial charge in [0.1, 0.15) is 0 Å². The Morgan fingerprint density at radius 2 is 1.94 bits per heavy atom. The zero-order valence-electron chi connectivity index (χ0n) is 12.0. The lowest BCUT2D eigenvalue weighted by Gasteiger charge is -2.31. The number of nitrogens with two attached hydrogens (primary N) is 1. The molecule has 1 fully saturated rings. The molecule has 4 nitrogen and oxygen atoms in total. The highest BCUT2D eigenvalue weighted by molar-refractivity contribution is 5.78. The Hall–Kier alpha value is -0.610. The van der Waals surface area contributed by atoms with Gasteiger partial charge >= 0.3 is 0 Å². The molecule has 1 atom stereocenters. The first-order valence-corrected chi connectivity index (χ1v) is 7.05. The summed E-state index contributed by atoms with van der Waals surface area (Å²) in [5.74, 6) is 0.428. The van der Waals surface area contributed by atoms with Crippen LogP contribution in [0.1, 0.15) is 46.0 Å². The third-order valence-corrected chi connectivity index (χ3v) is 3.83. The number of likely N-dealkylation sites (N-methyl/N-ethyl adjacent to an activating group) is 1. The fraction of sp³-hybridized carbons (Fsp3) is 0.929. The molecule has 4 heteroatoms. The van der Waals surface area contributed by atoms with Crippen LogP contribution in [-0.2, 0) is 4.79 Å². The molecular weight excluding hydrogens is 228 g/mol. The van der Waals surface area contributed by atoms with Gasteiger partial charge in [0.15, 0.2) is 0 Å². The summed E-state index contributed by atoms with van der Waals surface area (Å²) in [4.78, 5) is 13.9. The lowest BCUT2D eigenvalue weighted by molar-refractivity contribution is -0.137. The second kappa shape index (κ2) is 6.53. The Morgan fingerprint density at radius 3 is 2.39 bits per heavy atom. The van der Waals surface area contributed by atoms with Crippen molar-refractivity contribution >= 4 is 5.91 Å². The second-order valence-electron chi connectivity index (χ2n) is 6.19. The molecule has 3 N–H and O–H groups in total. The first kappa shape index (κ1) is 15.4. The number of carbonyl (C=O) groups excluding carboxylic acids is 1. The summed E-state index contributed by atoms with van der Waals surface area (Å²) in [6.45, 7) is 5.03. The first-order valence-electron chi connectivity index (χ1n) is 7.05. The minimum Gasteiger partial charge on any atom is -0.388 e. The number of hydrogen-bond acceptors (Lipinski definition) is 3. The zero-order chi connectivity index (χ0) is 13.8. The summed E-state index contributed by atoms with van der Waals surface area (Å²) >= 11 is 0. The number of aliphatic hydroxyl groups is 1. The van der Waals surface area contributed by atoms with Crippen molar-refractivity contribution < 1.29 is 9.90 Å². The maximum absolute atomic E-state index is 12.3. The lowest BCUT2D eigenvalue weighted by Crippen LogP contribution is -2.45. The largest absolute Gasteiger partial charge is 0.388 e. The molecule has 1 unspecified atom stereocenters. The number of amides is 1. The van der Waals surface area contributed by atoms with Crippen molar-refractivity contribution in [1.29, 1.82) is 0 Å². The van der Waals surface area contributed by atoms with Crippen LogP contribution >= 0.6 is 0 Å². The Kier molecular flexibility index (Phi) is 5.60. The standard InChI is InChI=1S/C14H28N2O2/c1-11(2)8-12(9-15)13(17)16(3)10-14(18)6-4-5-7-14/h11-12,18H,4-10,15H2,1-3H3. The molecule has 0 radical (unpaired) electrons. The van der Waals surface area contributed by atoms with Crippen LogP contribution in [0.3, 0.4) is 0 Å². The van der Waals surface area contributed by atoms with Gasteiger partial charge in [0.2, 0.25) is 5.91 Å². The van der Waals surface area contributed by atoms with Crippen LogP contribution in [-0.4, -0.2) is 41.7 Å². The lowest BCUT2D eigenvalue weighted by atomic mass is 9.95. The topological polar surface area (TPSA) is 66.6 Å². The van der Waals surface area contributed by atoms with Crippen LogP contribution in [0.4, 0.5) is 0 Å². The molecule has 0 aromatic heterocycles. The van der Waals surface area contributed by atoms with Crippen molar-refractivity contribution in [3.05, 3.63) is 0 Å². The SMILES string of the molecule is CC(C)CC(CN)C(=O)N(C)CC1(O)CCCC1. The van der Waals surface area contributed by atoms with E-state index in [-0.39, 0.29) is 11.8 Å². The minimum absolute atomic E-state index is 0.0755. The molecule has 0 aromatic carbocycles. The summed E-state index contributed by atoms with van der Waals surface area (Å²) in [6, 6.07) is 0. The van der Waals surface area contributed by atoms with Crippen LogP contribution < -0.4 is 5.73 Å². The highest BCUT2D eigenvalue weighted by Gasteiger charge is 2.34. The van der Waals surface area contributed by atoms with Gasteiger partial charge in [0, 0.05) is 20.1 Å². The average molecular weight is 256 g/mol. The van der Waals surface area contributed by atoms with Gasteiger partial charge in [-0.3, -0.25) is 4.79 Å². The predicted molar refractivity (Wildman–Crippen MR) is 73.1 cm³/mol. The van der Waals surface area contributed by atoms with Crippen molar-refractivity contribution in [1.82, 2.24) is 4.90 Å². The maximum Gasteiger partial charge on any atom is 0.226 e. The molecule has 0 saturated heterocycles. The quantitative estimate of drug-likeness (QED) is 0.754. The number of carbonyl (C=O) groups is 1. The van der Waals surface area contributed by atoms with E-state index in [9.17, 15) is 9.90 Å². The number of rotatable bonds is 6. The fourth-order valence-corrected chi connectivity index (χ4v) is 2.89. The van der Waals surface area contributed by atoms with Crippen LogP contribution in [0.2, 0.25) is 0 Å². The van der Waals surface area contributed by atoms with Gasteiger partial charge in [-0.05, 0) is 25.2 Å². The van der Waals surface area contributed by atoms with Crippen molar-refractivity contribution in [2.24, 2.45) is 17.6 Å². The normalized spacial score (nSPS) is 20.1. The molecule has 106 valence electrons. The van der Waals surface area contributed by atoms with Gasteiger partial charge in [-0.25, -0.2) is 0 Å². The molecule has 18 heavy (non-hydrogen) atoms. The summed E-state index contributed by atoms with van der Waals surface area (Å²) in [5.41, 5.74) is 5.03. The number of nitrogens with zero attached hydrogens (tertiary/aromatic N) is 1. The van der Waals surface area contributed by atoms with Crippen molar-refractivity contribution in [2.75, 3.05) is 20.1 Å². The van der Waals surface area contributed by atoms with E-state index in [2.05, 4.69) is 13.8 Å². The monoisotopic (exact) mass is 256 g/mol. The Labute approximate surface area is 111 Å². The second-order valence-corrected chi connectivity index (χ2v) is 6.19. The molecule has 1 rings (SSSR count). The molecule has 0 heterocycles. The van der Waals surface area contributed by atoms with Crippen LogP contribution in [0.5, 0.6) is 0 Å². The Morgan fingerprint density at radius 1 is 1.39 bits per heavy atom. The molecule has 0 aliphatic heterocycles. The minimum atomic E-state index is -0.665. The van der Waals surface area contributed by atoms with Crippen LogP contribution in [0.25, 0.3) is 0 Å². The van der Waals surface area contributed by atoms with Crippen molar-refractivity contribution in [3.63, 3.8) is 0 Å². The molecule has 1 saturated carbocycles. The summed E-state index contributed by atoms with van der Waals surface area (Å²) in [6.07, 6.45) is 4.55. The smallest absolute Gasteiger partial charge is 0.226 e.